The summed E-state index contributed by atoms with van der Waals surface area (Å²) in [6.45, 7) is -0.0521. The van der Waals surface area contributed by atoms with E-state index in [1.807, 2.05) is 30.3 Å². The van der Waals surface area contributed by atoms with Crippen molar-refractivity contribution in [3.63, 3.8) is 0 Å². The van der Waals surface area contributed by atoms with Gasteiger partial charge in [0.15, 0.2) is 0 Å². The van der Waals surface area contributed by atoms with Gasteiger partial charge >= 0.3 is 0 Å². The highest BCUT2D eigenvalue weighted by Gasteiger charge is 2.17. The minimum atomic E-state index is -0.280. The molecule has 168 valence electrons. The Morgan fingerprint density at radius 3 is 2.73 bits per heavy atom. The number of likely N-dealkylation sites (N-methyl/N-ethyl adjacent to an activating group) is 1. The van der Waals surface area contributed by atoms with E-state index in [2.05, 4.69) is 20.7 Å². The fourth-order valence-corrected chi connectivity index (χ4v) is 5.17. The molecule has 0 aliphatic heterocycles. The summed E-state index contributed by atoms with van der Waals surface area (Å²) in [6.07, 6.45) is 1.52. The number of carbonyl (C=O) groups excluding carboxylic acids is 2. The molecule has 7 nitrogen and oxygen atoms in total. The maximum atomic E-state index is 12.7. The quantitative estimate of drug-likeness (QED) is 0.295. The molecule has 0 spiro atoms. The van der Waals surface area contributed by atoms with Crippen LogP contribution in [-0.4, -0.2) is 53.1 Å². The summed E-state index contributed by atoms with van der Waals surface area (Å²) in [6, 6.07) is 17.1. The van der Waals surface area contributed by atoms with Crippen LogP contribution in [0.5, 0.6) is 5.75 Å². The lowest BCUT2D eigenvalue weighted by atomic mass is 10.1. The molecule has 0 unspecified atom stereocenters. The second-order valence-corrected chi connectivity index (χ2v) is 9.02. The zero-order valence-corrected chi connectivity index (χ0v) is 19.8. The van der Waals surface area contributed by atoms with Crippen molar-refractivity contribution in [2.24, 2.45) is 0 Å². The van der Waals surface area contributed by atoms with Crippen molar-refractivity contribution < 1.29 is 14.3 Å². The first-order chi connectivity index (χ1) is 16.0. The van der Waals surface area contributed by atoms with E-state index in [1.165, 1.54) is 23.0 Å². The molecule has 0 saturated carbocycles. The lowest BCUT2D eigenvalue weighted by Gasteiger charge is -2.17. The molecule has 33 heavy (non-hydrogen) atoms. The molecule has 0 atom stereocenters. The minimum absolute atomic E-state index is 0.0521. The van der Waals surface area contributed by atoms with E-state index in [-0.39, 0.29) is 24.1 Å². The summed E-state index contributed by atoms with van der Waals surface area (Å²) in [5, 5.41) is 6.55. The number of anilines is 1. The van der Waals surface area contributed by atoms with Crippen molar-refractivity contribution in [1.82, 2.24) is 14.9 Å². The second kappa shape index (κ2) is 10.5. The number of aromatic nitrogens is 2. The molecule has 0 saturated heterocycles. The van der Waals surface area contributed by atoms with E-state index < -0.39 is 0 Å². The van der Waals surface area contributed by atoms with E-state index in [0.29, 0.717) is 11.4 Å². The molecule has 0 fully saturated rings. The summed E-state index contributed by atoms with van der Waals surface area (Å²) in [7, 11) is 3.18. The van der Waals surface area contributed by atoms with Gasteiger partial charge in [-0.2, -0.15) is 0 Å². The number of nitrogens with zero attached hydrogens (tertiary/aromatic N) is 3. The normalized spacial score (nSPS) is 10.7. The summed E-state index contributed by atoms with van der Waals surface area (Å²) in [5.74, 6) is 0.369. The highest BCUT2D eigenvalue weighted by Crippen LogP contribution is 2.37. The molecule has 2 heterocycles. The van der Waals surface area contributed by atoms with E-state index in [4.69, 9.17) is 4.74 Å². The number of carbonyl (C=O) groups is 2. The topological polar surface area (TPSA) is 84.4 Å². The predicted octanol–water partition coefficient (Wildman–Crippen LogP) is 4.56. The Hall–Kier alpha value is -3.43. The molecule has 4 aromatic rings. The zero-order chi connectivity index (χ0) is 23.2. The van der Waals surface area contributed by atoms with Gasteiger partial charge in [0.05, 0.1) is 24.8 Å². The monoisotopic (exact) mass is 478 g/mol. The maximum absolute atomic E-state index is 12.7. The SMILES string of the molecule is COc1cccc(NC(=O)CN(C)C(=O)CSc2ncnc3scc(-c4ccccc4)c23)c1. The minimum Gasteiger partial charge on any atom is -0.497 e. The fourth-order valence-electron chi connectivity index (χ4n) is 3.23. The molecule has 0 aliphatic carbocycles. The molecule has 9 heteroatoms. The largest absolute Gasteiger partial charge is 0.497 e. The number of fused-ring (bicyclic) bond motifs is 1. The van der Waals surface area contributed by atoms with Gasteiger partial charge in [-0.05, 0) is 17.7 Å². The van der Waals surface area contributed by atoms with Crippen LogP contribution in [0.2, 0.25) is 0 Å². The number of nitrogens with one attached hydrogen (secondary N) is 1. The summed E-state index contributed by atoms with van der Waals surface area (Å²) in [5.41, 5.74) is 2.75. The maximum Gasteiger partial charge on any atom is 0.243 e. The standard InChI is InChI=1S/C24H22N4O3S2/c1-28(12-20(29)27-17-9-6-10-18(11-17)31-2)21(30)14-33-24-22-19(16-7-4-3-5-8-16)13-32-23(22)25-15-26-24/h3-11,13,15H,12,14H2,1-2H3,(H,27,29). The lowest BCUT2D eigenvalue weighted by molar-refractivity contribution is -0.131. The van der Waals surface area contributed by atoms with Crippen LogP contribution in [0.15, 0.2) is 71.3 Å². The Morgan fingerprint density at radius 1 is 1.12 bits per heavy atom. The Bertz CT molecular complexity index is 1280. The average molecular weight is 479 g/mol. The van der Waals surface area contributed by atoms with E-state index in [9.17, 15) is 9.59 Å². The highest BCUT2D eigenvalue weighted by atomic mass is 32.2. The number of amides is 2. The molecular weight excluding hydrogens is 456 g/mol. The number of hydrogen-bond acceptors (Lipinski definition) is 7. The number of methoxy groups -OCH3 is 1. The van der Waals surface area contributed by atoms with E-state index in [0.717, 1.165) is 26.4 Å². The van der Waals surface area contributed by atoms with Gasteiger partial charge in [-0.3, -0.25) is 9.59 Å². The average Bonchev–Trinajstić information content (AvgIpc) is 3.28. The van der Waals surface area contributed by atoms with Crippen LogP contribution in [0.4, 0.5) is 5.69 Å². The van der Waals surface area contributed by atoms with Crippen LogP contribution in [0, 0.1) is 0 Å². The first kappa shape index (κ1) is 22.8. The Labute approximate surface area is 199 Å². The Morgan fingerprint density at radius 2 is 1.94 bits per heavy atom. The van der Waals surface area contributed by atoms with Crippen LogP contribution >= 0.6 is 23.1 Å². The van der Waals surface area contributed by atoms with Crippen molar-refractivity contribution in [1.29, 1.82) is 0 Å². The molecule has 1 N–H and O–H groups in total. The molecule has 4 rings (SSSR count). The van der Waals surface area contributed by atoms with Crippen LogP contribution in [-0.2, 0) is 9.59 Å². The van der Waals surface area contributed by atoms with Crippen molar-refractivity contribution >= 4 is 50.8 Å². The summed E-state index contributed by atoms with van der Waals surface area (Å²) >= 11 is 2.91. The first-order valence-electron chi connectivity index (χ1n) is 10.1. The lowest BCUT2D eigenvalue weighted by Crippen LogP contribution is -2.35. The van der Waals surface area contributed by atoms with Gasteiger partial charge in [0.25, 0.3) is 0 Å². The molecular formula is C24H22N4O3S2. The van der Waals surface area contributed by atoms with E-state index >= 15 is 0 Å². The summed E-state index contributed by atoms with van der Waals surface area (Å²) in [4.78, 5) is 36.2. The Kier molecular flexibility index (Phi) is 7.21. The Balaban J connectivity index is 1.40. The van der Waals surface area contributed by atoms with E-state index in [1.54, 1.807) is 49.8 Å². The number of thiophene rings is 1. The van der Waals surface area contributed by atoms with Gasteiger partial charge in [0, 0.05) is 29.7 Å². The smallest absolute Gasteiger partial charge is 0.243 e. The third kappa shape index (κ3) is 5.50. The highest BCUT2D eigenvalue weighted by molar-refractivity contribution is 8.00. The summed E-state index contributed by atoms with van der Waals surface area (Å²) < 4.78 is 5.16. The van der Waals surface area contributed by atoms with Crippen LogP contribution in [0.25, 0.3) is 21.3 Å². The predicted molar refractivity (Wildman–Crippen MR) is 133 cm³/mol. The van der Waals surface area contributed by atoms with Gasteiger partial charge in [0.1, 0.15) is 21.9 Å². The first-order valence-corrected chi connectivity index (χ1v) is 12.0. The number of thioether (sulfide) groups is 1. The molecule has 2 amide bonds. The third-order valence-electron chi connectivity index (χ3n) is 4.91. The van der Waals surface area contributed by atoms with Crippen LogP contribution in [0.3, 0.4) is 0 Å². The van der Waals surface area contributed by atoms with Crippen molar-refractivity contribution in [3.05, 3.63) is 66.3 Å². The van der Waals surface area contributed by atoms with Gasteiger partial charge in [-0.15, -0.1) is 11.3 Å². The van der Waals surface area contributed by atoms with Crippen LogP contribution < -0.4 is 10.1 Å². The molecule has 0 radical (unpaired) electrons. The fraction of sp³-hybridized carbons (Fsp3) is 0.167. The molecule has 0 aliphatic rings. The number of ether oxygens (including phenoxy) is 1. The van der Waals surface area contributed by atoms with Gasteiger partial charge in [0.2, 0.25) is 11.8 Å². The van der Waals surface area contributed by atoms with Crippen molar-refractivity contribution in [2.75, 3.05) is 31.8 Å². The van der Waals surface area contributed by atoms with Crippen molar-refractivity contribution in [2.45, 2.75) is 5.03 Å². The molecule has 2 aromatic carbocycles. The zero-order valence-electron chi connectivity index (χ0n) is 18.1. The number of rotatable bonds is 8. The second-order valence-electron chi connectivity index (χ2n) is 7.19. The van der Waals surface area contributed by atoms with Crippen molar-refractivity contribution in [3.8, 4) is 16.9 Å². The third-order valence-corrected chi connectivity index (χ3v) is 6.77. The van der Waals surface area contributed by atoms with Gasteiger partial charge in [-0.1, -0.05) is 48.2 Å². The molecule has 2 aromatic heterocycles. The van der Waals surface area contributed by atoms with Crippen LogP contribution in [0.1, 0.15) is 0 Å². The van der Waals surface area contributed by atoms with Gasteiger partial charge in [-0.25, -0.2) is 9.97 Å². The molecule has 0 bridgehead atoms. The number of benzene rings is 2. The van der Waals surface area contributed by atoms with Gasteiger partial charge < -0.3 is 15.0 Å². The number of hydrogen-bond donors (Lipinski definition) is 1.